The molecule has 6 nitrogen and oxygen atoms in total. The molecular formula is C20H41KN4O2. The number of nitrogens with one attached hydrogen (secondary N) is 2. The van der Waals surface area contributed by atoms with Gasteiger partial charge >= 0.3 is 51.4 Å². The Morgan fingerprint density at radius 1 is 1.04 bits per heavy atom. The molecule has 2 saturated carbocycles. The van der Waals surface area contributed by atoms with Crippen LogP contribution in [0.3, 0.4) is 0 Å². The van der Waals surface area contributed by atoms with Gasteiger partial charge in [0.25, 0.3) is 0 Å². The molecule has 0 aromatic rings. The molecule has 0 saturated heterocycles. The van der Waals surface area contributed by atoms with Crippen molar-refractivity contribution in [1.29, 1.82) is 0 Å². The van der Waals surface area contributed by atoms with Crippen molar-refractivity contribution in [3.63, 3.8) is 0 Å². The molecule has 0 bridgehead atoms. The van der Waals surface area contributed by atoms with Crippen LogP contribution < -0.4 is 78.6 Å². The first-order valence-corrected chi connectivity index (χ1v) is 10.4. The fourth-order valence-corrected chi connectivity index (χ4v) is 3.65. The summed E-state index contributed by atoms with van der Waals surface area (Å²) in [5, 5.41) is 17.5. The second-order valence-corrected chi connectivity index (χ2v) is 7.46. The molecule has 0 radical (unpaired) electrons. The van der Waals surface area contributed by atoms with Crippen molar-refractivity contribution in [2.24, 2.45) is 17.4 Å². The number of hydrogen-bond acceptors (Lipinski definition) is 6. The molecule has 0 aromatic heterocycles. The van der Waals surface area contributed by atoms with Gasteiger partial charge in [0.05, 0.1) is 12.7 Å². The Morgan fingerprint density at radius 2 is 1.70 bits per heavy atom. The quantitative estimate of drug-likeness (QED) is 0.296. The summed E-state index contributed by atoms with van der Waals surface area (Å²) in [4.78, 5) is 0. The van der Waals surface area contributed by atoms with Crippen LogP contribution in [-0.2, 0) is 4.74 Å². The molecule has 4 atom stereocenters. The molecule has 2 fully saturated rings. The summed E-state index contributed by atoms with van der Waals surface area (Å²) in [6.45, 7) is 6.92. The minimum atomic E-state index is -0.443. The molecule has 154 valence electrons. The maximum atomic E-state index is 11.0. The topological polar surface area (TPSA) is 108 Å². The van der Waals surface area contributed by atoms with E-state index in [2.05, 4.69) is 22.8 Å². The zero-order chi connectivity index (χ0) is 19.4. The van der Waals surface area contributed by atoms with Crippen LogP contribution in [0.2, 0.25) is 0 Å². The Kier molecular flexibility index (Phi) is 17.6. The van der Waals surface area contributed by atoms with E-state index in [1.165, 1.54) is 12.8 Å². The van der Waals surface area contributed by atoms with Gasteiger partial charge in [0, 0.05) is 24.7 Å². The average molecular weight is 409 g/mol. The van der Waals surface area contributed by atoms with Crippen LogP contribution >= 0.6 is 0 Å². The summed E-state index contributed by atoms with van der Waals surface area (Å²) >= 11 is 0. The van der Waals surface area contributed by atoms with Gasteiger partial charge < -0.3 is 31.9 Å². The second kappa shape index (κ2) is 16.9. The summed E-state index contributed by atoms with van der Waals surface area (Å²) in [6, 6.07) is 0.938. The first-order valence-electron chi connectivity index (χ1n) is 10.4. The van der Waals surface area contributed by atoms with Gasteiger partial charge in [-0.15, -0.1) is 6.10 Å². The van der Waals surface area contributed by atoms with E-state index in [1.54, 1.807) is 0 Å². The molecule has 3 rings (SSSR count). The van der Waals surface area contributed by atoms with Crippen LogP contribution in [0.25, 0.3) is 0 Å². The molecule has 7 heteroatoms. The summed E-state index contributed by atoms with van der Waals surface area (Å²) in [5.41, 5.74) is 11.4. The largest absolute Gasteiger partial charge is 1.00 e. The summed E-state index contributed by atoms with van der Waals surface area (Å²) in [6.07, 6.45) is 9.99. The predicted octanol–water partition coefficient (Wildman–Crippen LogP) is -2.50. The molecule has 0 aromatic carbocycles. The normalized spacial score (nSPS) is 34.7. The molecule has 3 aliphatic rings. The fraction of sp³-hybridized carbons (Fsp3) is 0.900. The molecule has 0 amide bonds. The third-order valence-corrected chi connectivity index (χ3v) is 5.13. The zero-order valence-corrected chi connectivity index (χ0v) is 21.1. The Bertz CT molecular complexity index is 371. The van der Waals surface area contributed by atoms with E-state index >= 15 is 0 Å². The van der Waals surface area contributed by atoms with E-state index < -0.39 is 6.10 Å². The van der Waals surface area contributed by atoms with Gasteiger partial charge in [-0.05, 0) is 45.2 Å². The number of ether oxygens (including phenoxy) is 1. The Balaban J connectivity index is 0.000000463. The molecule has 0 spiro atoms. The third kappa shape index (κ3) is 12.4. The maximum Gasteiger partial charge on any atom is 1.00 e. The van der Waals surface area contributed by atoms with Crippen molar-refractivity contribution in [1.82, 2.24) is 10.6 Å². The maximum absolute atomic E-state index is 11.0. The van der Waals surface area contributed by atoms with E-state index in [1.807, 2.05) is 20.9 Å². The average Bonchev–Trinajstić information content (AvgIpc) is 2.62. The van der Waals surface area contributed by atoms with Gasteiger partial charge in [0.1, 0.15) is 0 Å². The van der Waals surface area contributed by atoms with Crippen molar-refractivity contribution >= 4 is 0 Å². The van der Waals surface area contributed by atoms with E-state index in [4.69, 9.17) is 16.2 Å². The number of hydrogen-bond donors (Lipinski definition) is 4. The first kappa shape index (κ1) is 28.1. The van der Waals surface area contributed by atoms with Gasteiger partial charge in [-0.25, -0.2) is 0 Å². The number of nitrogens with two attached hydrogens (primary N) is 2. The third-order valence-electron chi connectivity index (χ3n) is 5.13. The smallest absolute Gasteiger partial charge is 0.852 e. The Hall–Kier alpha value is 1.14. The van der Waals surface area contributed by atoms with Gasteiger partial charge in [0.15, 0.2) is 0 Å². The predicted molar refractivity (Wildman–Crippen MR) is 107 cm³/mol. The van der Waals surface area contributed by atoms with Gasteiger partial charge in [-0.1, -0.05) is 38.8 Å². The van der Waals surface area contributed by atoms with Crippen LogP contribution in [0.15, 0.2) is 12.2 Å². The van der Waals surface area contributed by atoms with Crippen LogP contribution in [0.5, 0.6) is 0 Å². The van der Waals surface area contributed by atoms with Crippen LogP contribution in [-0.4, -0.2) is 57.1 Å². The van der Waals surface area contributed by atoms with Gasteiger partial charge in [0.2, 0.25) is 0 Å². The SMILES string of the molecule is CC.CNC1CC(N)CC([O-])C1.NC1CC(CNCC2C=CCCO2)C1.[K+]. The summed E-state index contributed by atoms with van der Waals surface area (Å²) in [5.74, 6) is 0.803. The van der Waals surface area contributed by atoms with Crippen molar-refractivity contribution in [3.05, 3.63) is 12.2 Å². The van der Waals surface area contributed by atoms with Crippen molar-refractivity contribution in [2.75, 3.05) is 26.7 Å². The minimum Gasteiger partial charge on any atom is -0.852 e. The van der Waals surface area contributed by atoms with E-state index in [0.29, 0.717) is 18.5 Å². The van der Waals surface area contributed by atoms with Crippen LogP contribution in [0.1, 0.15) is 52.4 Å². The first-order chi connectivity index (χ1) is 12.6. The number of rotatable bonds is 5. The van der Waals surface area contributed by atoms with E-state index in [9.17, 15) is 5.11 Å². The molecule has 1 heterocycles. The molecular weight excluding hydrogens is 367 g/mol. The minimum absolute atomic E-state index is 0. The molecule has 4 unspecified atom stereocenters. The standard InChI is InChI=1S/C11H20N2O.C7H15N2O.C2H6.K/c12-10-5-9(6-10)7-13-8-11-3-1-2-4-14-11;1-9-6-2-5(8)3-7(10)4-6;1-2;/h1,3,9-11,13H,2,4-8,12H2;5-7,9H,2-4,8H2,1H3;1-2H3;/q;-1;;+1. The molecule has 2 aliphatic carbocycles. The van der Waals surface area contributed by atoms with Crippen LogP contribution in [0, 0.1) is 5.92 Å². The van der Waals surface area contributed by atoms with Crippen molar-refractivity contribution in [3.8, 4) is 0 Å². The zero-order valence-electron chi connectivity index (χ0n) is 18.0. The monoisotopic (exact) mass is 408 g/mol. The fourth-order valence-electron chi connectivity index (χ4n) is 3.65. The summed E-state index contributed by atoms with van der Waals surface area (Å²) < 4.78 is 5.56. The van der Waals surface area contributed by atoms with Crippen molar-refractivity contribution in [2.45, 2.75) is 82.7 Å². The molecule has 27 heavy (non-hydrogen) atoms. The van der Waals surface area contributed by atoms with Gasteiger partial charge in [-0.3, -0.25) is 0 Å². The second-order valence-electron chi connectivity index (χ2n) is 7.46. The Labute approximate surface area is 209 Å². The van der Waals surface area contributed by atoms with Gasteiger partial charge in [-0.2, -0.15) is 0 Å². The van der Waals surface area contributed by atoms with E-state index in [0.717, 1.165) is 44.9 Å². The van der Waals surface area contributed by atoms with E-state index in [-0.39, 0.29) is 63.5 Å². The summed E-state index contributed by atoms with van der Waals surface area (Å²) in [7, 11) is 1.88. The Morgan fingerprint density at radius 3 is 2.22 bits per heavy atom. The van der Waals surface area contributed by atoms with Crippen molar-refractivity contribution < 1.29 is 61.2 Å². The van der Waals surface area contributed by atoms with Crippen LogP contribution in [0.4, 0.5) is 0 Å². The molecule has 1 aliphatic heterocycles. The molecule has 6 N–H and O–H groups in total.